The highest BCUT2D eigenvalue weighted by atomic mass is 79.9. The summed E-state index contributed by atoms with van der Waals surface area (Å²) >= 11 is 2.97. The Morgan fingerprint density at radius 3 is 2.63 bits per heavy atom. The second kappa shape index (κ2) is 7.18. The van der Waals surface area contributed by atoms with Crippen LogP contribution in [-0.4, -0.2) is 25.0 Å². The van der Waals surface area contributed by atoms with Gasteiger partial charge in [0.2, 0.25) is 5.82 Å². The normalized spacial score (nSPS) is 10.1. The van der Waals surface area contributed by atoms with Crippen molar-refractivity contribution in [1.82, 2.24) is 0 Å². The average molecular weight is 337 g/mol. The standard InChI is InChI=1S/C12H11BrF2O4/c1-2-18-11(17)5-8(16)6-19-10-4-7(13)3-9(14)12(10)15/h3-4H,2,5-6H2,1H3. The monoisotopic (exact) mass is 336 g/mol. The molecule has 0 aliphatic rings. The summed E-state index contributed by atoms with van der Waals surface area (Å²) in [6.45, 7) is 1.24. The molecule has 4 nitrogen and oxygen atoms in total. The number of ketones is 1. The molecule has 1 rings (SSSR count). The molecule has 0 fully saturated rings. The van der Waals surface area contributed by atoms with Gasteiger partial charge in [-0.25, -0.2) is 4.39 Å². The van der Waals surface area contributed by atoms with Crippen LogP contribution in [-0.2, 0) is 14.3 Å². The molecule has 0 aromatic heterocycles. The maximum Gasteiger partial charge on any atom is 0.313 e. The molecule has 0 N–H and O–H groups in total. The second-order valence-corrected chi connectivity index (χ2v) is 4.42. The van der Waals surface area contributed by atoms with E-state index < -0.39 is 42.2 Å². The van der Waals surface area contributed by atoms with Gasteiger partial charge in [0.25, 0.3) is 0 Å². The highest BCUT2D eigenvalue weighted by Gasteiger charge is 2.15. The molecule has 0 amide bonds. The van der Waals surface area contributed by atoms with Crippen molar-refractivity contribution >= 4 is 27.7 Å². The highest BCUT2D eigenvalue weighted by molar-refractivity contribution is 9.10. The lowest BCUT2D eigenvalue weighted by Gasteiger charge is -2.07. The molecule has 0 saturated heterocycles. The first-order valence-electron chi connectivity index (χ1n) is 5.38. The van der Waals surface area contributed by atoms with Gasteiger partial charge >= 0.3 is 5.97 Å². The van der Waals surface area contributed by atoms with Gasteiger partial charge in [-0.3, -0.25) is 9.59 Å². The summed E-state index contributed by atoms with van der Waals surface area (Å²) in [5.41, 5.74) is 0. The molecule has 0 atom stereocenters. The molecule has 0 saturated carbocycles. The van der Waals surface area contributed by atoms with E-state index in [9.17, 15) is 18.4 Å². The molecular weight excluding hydrogens is 326 g/mol. The molecule has 7 heteroatoms. The van der Waals surface area contributed by atoms with Gasteiger partial charge in [0, 0.05) is 4.47 Å². The zero-order valence-electron chi connectivity index (χ0n) is 10.0. The third-order valence-corrected chi connectivity index (χ3v) is 2.45. The van der Waals surface area contributed by atoms with E-state index in [1.165, 1.54) is 6.07 Å². The van der Waals surface area contributed by atoms with E-state index in [0.717, 1.165) is 6.07 Å². The quantitative estimate of drug-likeness (QED) is 0.455. The lowest BCUT2D eigenvalue weighted by Crippen LogP contribution is -2.17. The van der Waals surface area contributed by atoms with Crippen molar-refractivity contribution in [3.05, 3.63) is 28.2 Å². The Labute approximate surface area is 116 Å². The summed E-state index contributed by atoms with van der Waals surface area (Å²) in [5.74, 6) is -3.95. The van der Waals surface area contributed by atoms with E-state index in [4.69, 9.17) is 4.74 Å². The van der Waals surface area contributed by atoms with Crippen LogP contribution < -0.4 is 4.74 Å². The summed E-state index contributed by atoms with van der Waals surface area (Å²) in [6, 6.07) is 2.12. The van der Waals surface area contributed by atoms with Crippen molar-refractivity contribution in [2.75, 3.05) is 13.2 Å². The smallest absolute Gasteiger partial charge is 0.313 e. The molecular formula is C12H11BrF2O4. The van der Waals surface area contributed by atoms with Crippen LogP contribution in [0.25, 0.3) is 0 Å². The number of rotatable bonds is 6. The van der Waals surface area contributed by atoms with Gasteiger partial charge in [0.15, 0.2) is 17.3 Å². The number of hydrogen-bond donors (Lipinski definition) is 0. The molecule has 1 aromatic carbocycles. The zero-order valence-corrected chi connectivity index (χ0v) is 11.6. The average Bonchev–Trinajstić information content (AvgIpc) is 2.32. The van der Waals surface area contributed by atoms with Crippen LogP contribution in [0.2, 0.25) is 0 Å². The van der Waals surface area contributed by atoms with E-state index in [0.29, 0.717) is 0 Å². The zero-order chi connectivity index (χ0) is 14.4. The maximum absolute atomic E-state index is 13.3. The van der Waals surface area contributed by atoms with Crippen molar-refractivity contribution in [3.63, 3.8) is 0 Å². The topological polar surface area (TPSA) is 52.6 Å². The Hall–Kier alpha value is -1.50. The summed E-state index contributed by atoms with van der Waals surface area (Å²) in [7, 11) is 0. The Balaban J connectivity index is 2.57. The van der Waals surface area contributed by atoms with Gasteiger partial charge in [-0.15, -0.1) is 0 Å². The summed E-state index contributed by atoms with van der Waals surface area (Å²) < 4.78 is 36.0. The Morgan fingerprint density at radius 2 is 2.00 bits per heavy atom. The van der Waals surface area contributed by atoms with Gasteiger partial charge in [-0.2, -0.15) is 4.39 Å². The lowest BCUT2D eigenvalue weighted by molar-refractivity contribution is -0.145. The first-order chi connectivity index (χ1) is 8.93. The fraction of sp³-hybridized carbons (Fsp3) is 0.333. The fourth-order valence-electron chi connectivity index (χ4n) is 1.22. The molecule has 1 aromatic rings. The van der Waals surface area contributed by atoms with Crippen molar-refractivity contribution in [2.24, 2.45) is 0 Å². The predicted octanol–water partition coefficient (Wildman–Crippen LogP) is 2.63. The van der Waals surface area contributed by atoms with Crippen molar-refractivity contribution in [2.45, 2.75) is 13.3 Å². The van der Waals surface area contributed by atoms with Crippen LogP contribution in [0.3, 0.4) is 0 Å². The largest absolute Gasteiger partial charge is 0.483 e. The highest BCUT2D eigenvalue weighted by Crippen LogP contribution is 2.25. The number of ether oxygens (including phenoxy) is 2. The number of halogens is 3. The van der Waals surface area contributed by atoms with E-state index in [1.807, 2.05) is 0 Å². The number of benzene rings is 1. The Kier molecular flexibility index (Phi) is 5.88. The van der Waals surface area contributed by atoms with Crippen molar-refractivity contribution in [3.8, 4) is 5.75 Å². The predicted molar refractivity (Wildman–Crippen MR) is 65.8 cm³/mol. The SMILES string of the molecule is CCOC(=O)CC(=O)COc1cc(Br)cc(F)c1F. The minimum Gasteiger partial charge on any atom is -0.483 e. The Morgan fingerprint density at radius 1 is 1.32 bits per heavy atom. The first kappa shape index (κ1) is 15.6. The van der Waals surface area contributed by atoms with Gasteiger partial charge < -0.3 is 9.47 Å². The van der Waals surface area contributed by atoms with Crippen LogP contribution in [0.1, 0.15) is 13.3 Å². The minimum absolute atomic E-state index is 0.165. The van der Waals surface area contributed by atoms with Crippen LogP contribution >= 0.6 is 15.9 Å². The molecule has 0 radical (unpaired) electrons. The number of Topliss-reactive ketones (excluding diaryl/α,β-unsaturated/α-hetero) is 1. The molecule has 0 aliphatic heterocycles. The van der Waals surface area contributed by atoms with Crippen LogP contribution in [0.4, 0.5) is 8.78 Å². The summed E-state index contributed by atoms with van der Waals surface area (Å²) in [4.78, 5) is 22.3. The van der Waals surface area contributed by atoms with Crippen molar-refractivity contribution in [1.29, 1.82) is 0 Å². The molecule has 0 spiro atoms. The lowest BCUT2D eigenvalue weighted by atomic mass is 10.3. The Bertz CT molecular complexity index is 491. The van der Waals surface area contributed by atoms with Gasteiger partial charge in [-0.1, -0.05) is 15.9 Å². The molecule has 0 aliphatic carbocycles. The third-order valence-electron chi connectivity index (χ3n) is 2.00. The fourth-order valence-corrected chi connectivity index (χ4v) is 1.63. The molecule has 19 heavy (non-hydrogen) atoms. The third kappa shape index (κ3) is 4.94. The molecule has 104 valence electrons. The number of carbonyl (C=O) groups excluding carboxylic acids is 2. The first-order valence-corrected chi connectivity index (χ1v) is 6.18. The van der Waals surface area contributed by atoms with Crippen molar-refractivity contribution < 1.29 is 27.8 Å². The maximum atomic E-state index is 13.3. The number of carbonyl (C=O) groups is 2. The van der Waals surface area contributed by atoms with Crippen LogP contribution in [0.15, 0.2) is 16.6 Å². The van der Waals surface area contributed by atoms with E-state index >= 15 is 0 Å². The molecule has 0 heterocycles. The summed E-state index contributed by atoms with van der Waals surface area (Å²) in [5, 5.41) is 0. The number of hydrogen-bond acceptors (Lipinski definition) is 4. The van der Waals surface area contributed by atoms with Gasteiger partial charge in [-0.05, 0) is 19.1 Å². The van der Waals surface area contributed by atoms with E-state index in [2.05, 4.69) is 20.7 Å². The second-order valence-electron chi connectivity index (χ2n) is 3.51. The van der Waals surface area contributed by atoms with E-state index in [-0.39, 0.29) is 11.1 Å². The van der Waals surface area contributed by atoms with E-state index in [1.54, 1.807) is 6.92 Å². The van der Waals surface area contributed by atoms with Gasteiger partial charge in [0.05, 0.1) is 6.61 Å². The molecule has 0 bridgehead atoms. The van der Waals surface area contributed by atoms with Crippen LogP contribution in [0, 0.1) is 11.6 Å². The number of esters is 1. The summed E-state index contributed by atoms with van der Waals surface area (Å²) in [6.07, 6.45) is -0.466. The molecule has 0 unspecified atom stereocenters. The van der Waals surface area contributed by atoms with Gasteiger partial charge in [0.1, 0.15) is 13.0 Å². The minimum atomic E-state index is -1.19. The van der Waals surface area contributed by atoms with Crippen LogP contribution in [0.5, 0.6) is 5.75 Å².